The van der Waals surface area contributed by atoms with Crippen molar-refractivity contribution in [1.82, 2.24) is 10.2 Å². The summed E-state index contributed by atoms with van der Waals surface area (Å²) in [6.07, 6.45) is 12.8. The number of rotatable bonds is 5. The van der Waals surface area contributed by atoms with Crippen LogP contribution in [0.1, 0.15) is 77.0 Å². The van der Waals surface area contributed by atoms with Gasteiger partial charge in [0.05, 0.1) is 0 Å². The van der Waals surface area contributed by atoms with Crippen LogP contribution in [0.4, 0.5) is 0 Å². The van der Waals surface area contributed by atoms with Crippen LogP contribution in [0, 0.1) is 11.8 Å². The Bertz CT molecular complexity index is 454. The molecule has 2 aliphatic carbocycles. The lowest BCUT2D eigenvalue weighted by molar-refractivity contribution is -0.137. The van der Waals surface area contributed by atoms with Gasteiger partial charge in [-0.3, -0.25) is 9.59 Å². The molecule has 0 spiro atoms. The summed E-state index contributed by atoms with van der Waals surface area (Å²) in [6, 6.07) is 0.518. The minimum atomic E-state index is 0.138. The summed E-state index contributed by atoms with van der Waals surface area (Å²) in [7, 11) is 0. The zero-order valence-electron chi connectivity index (χ0n) is 15.5. The predicted octanol–water partition coefficient (Wildman–Crippen LogP) is 2.58. The number of nitrogens with two attached hydrogens (primary N) is 1. The fourth-order valence-corrected chi connectivity index (χ4v) is 5.03. The van der Waals surface area contributed by atoms with Crippen molar-refractivity contribution in [3.8, 4) is 0 Å². The van der Waals surface area contributed by atoms with Gasteiger partial charge < -0.3 is 16.0 Å². The molecule has 1 saturated heterocycles. The molecule has 3 aliphatic rings. The molecule has 0 bridgehead atoms. The highest BCUT2D eigenvalue weighted by molar-refractivity contribution is 5.80. The van der Waals surface area contributed by atoms with Crippen molar-refractivity contribution < 1.29 is 9.59 Å². The first-order chi connectivity index (χ1) is 12.2. The lowest BCUT2D eigenvalue weighted by Crippen LogP contribution is -2.45. The van der Waals surface area contributed by atoms with E-state index in [0.717, 1.165) is 45.1 Å². The number of hydrogen-bond acceptors (Lipinski definition) is 3. The average molecular weight is 350 g/mol. The van der Waals surface area contributed by atoms with E-state index in [9.17, 15) is 9.59 Å². The van der Waals surface area contributed by atoms with E-state index >= 15 is 0 Å². The Labute approximate surface area is 152 Å². The van der Waals surface area contributed by atoms with E-state index in [0.29, 0.717) is 24.8 Å². The van der Waals surface area contributed by atoms with Crippen molar-refractivity contribution >= 4 is 11.8 Å². The van der Waals surface area contributed by atoms with Crippen LogP contribution in [0.3, 0.4) is 0 Å². The molecular formula is C20H35N3O2. The highest BCUT2D eigenvalue weighted by atomic mass is 16.2. The minimum Gasteiger partial charge on any atom is -0.353 e. The van der Waals surface area contributed by atoms with E-state index in [2.05, 4.69) is 5.32 Å². The first-order valence-corrected chi connectivity index (χ1v) is 10.5. The summed E-state index contributed by atoms with van der Waals surface area (Å²) in [5.74, 6) is 1.26. The Balaban J connectivity index is 1.39. The molecular weight excluding hydrogens is 314 g/mol. The minimum absolute atomic E-state index is 0.138. The number of carbonyl (C=O) groups excluding carboxylic acids is 2. The maximum absolute atomic E-state index is 12.7. The third-order valence-corrected chi connectivity index (χ3v) is 6.57. The first kappa shape index (κ1) is 18.7. The van der Waals surface area contributed by atoms with Crippen LogP contribution in [0.15, 0.2) is 0 Å². The molecule has 2 saturated carbocycles. The van der Waals surface area contributed by atoms with Gasteiger partial charge in [-0.1, -0.05) is 19.3 Å². The zero-order chi connectivity index (χ0) is 17.6. The van der Waals surface area contributed by atoms with Gasteiger partial charge in [0.1, 0.15) is 0 Å². The lowest BCUT2D eigenvalue weighted by Gasteiger charge is -2.33. The molecule has 0 radical (unpaired) electrons. The Morgan fingerprint density at radius 1 is 0.920 bits per heavy atom. The Kier molecular flexibility index (Phi) is 6.74. The van der Waals surface area contributed by atoms with Crippen LogP contribution in [0.25, 0.3) is 0 Å². The summed E-state index contributed by atoms with van der Waals surface area (Å²) >= 11 is 0. The van der Waals surface area contributed by atoms with Crippen LogP contribution in [0.2, 0.25) is 0 Å². The summed E-state index contributed by atoms with van der Waals surface area (Å²) in [6.45, 7) is 1.46. The number of likely N-dealkylation sites (tertiary alicyclic amines) is 1. The number of nitrogens with zero attached hydrogens (tertiary/aromatic N) is 1. The van der Waals surface area contributed by atoms with Crippen molar-refractivity contribution in [2.24, 2.45) is 17.6 Å². The molecule has 5 nitrogen and oxygen atoms in total. The van der Waals surface area contributed by atoms with Crippen LogP contribution in [0.5, 0.6) is 0 Å². The molecule has 1 heterocycles. The molecule has 5 heteroatoms. The molecule has 0 aromatic heterocycles. The van der Waals surface area contributed by atoms with E-state index in [1.807, 2.05) is 4.90 Å². The lowest BCUT2D eigenvalue weighted by atomic mass is 9.84. The second-order valence-electron chi connectivity index (χ2n) is 8.39. The molecule has 3 fully saturated rings. The SMILES string of the molecule is NCC1CCCN1C(=O)C1CCC(NC(=O)CC2CCCCC2)CC1. The third-order valence-electron chi connectivity index (χ3n) is 6.57. The van der Waals surface area contributed by atoms with E-state index < -0.39 is 0 Å². The van der Waals surface area contributed by atoms with Crippen LogP contribution < -0.4 is 11.1 Å². The highest BCUT2D eigenvalue weighted by Crippen LogP contribution is 2.30. The van der Waals surface area contributed by atoms with Gasteiger partial charge in [-0.15, -0.1) is 0 Å². The molecule has 3 rings (SSSR count). The highest BCUT2D eigenvalue weighted by Gasteiger charge is 2.34. The standard InChI is InChI=1S/C20H35N3O2/c21-14-18-7-4-12-23(18)20(25)16-8-10-17(11-9-16)22-19(24)13-15-5-2-1-3-6-15/h15-18H,1-14,21H2,(H,22,24). The molecule has 3 N–H and O–H groups in total. The summed E-state index contributed by atoms with van der Waals surface area (Å²) in [4.78, 5) is 27.1. The van der Waals surface area contributed by atoms with Crippen LogP contribution in [-0.2, 0) is 9.59 Å². The summed E-state index contributed by atoms with van der Waals surface area (Å²) in [5, 5.41) is 3.23. The van der Waals surface area contributed by atoms with Gasteiger partial charge >= 0.3 is 0 Å². The van der Waals surface area contributed by atoms with Gasteiger partial charge in [-0.2, -0.15) is 0 Å². The number of nitrogens with one attached hydrogen (secondary N) is 1. The Morgan fingerprint density at radius 3 is 2.32 bits per heavy atom. The normalized spacial score (nSPS) is 31.1. The van der Waals surface area contributed by atoms with E-state index in [4.69, 9.17) is 5.73 Å². The topological polar surface area (TPSA) is 75.4 Å². The second-order valence-corrected chi connectivity index (χ2v) is 8.39. The van der Waals surface area contributed by atoms with Crippen LogP contribution in [-0.4, -0.2) is 41.9 Å². The van der Waals surface area contributed by atoms with Gasteiger partial charge in [0.15, 0.2) is 0 Å². The Morgan fingerprint density at radius 2 is 1.64 bits per heavy atom. The van der Waals surface area contributed by atoms with Gasteiger partial charge in [0, 0.05) is 37.5 Å². The first-order valence-electron chi connectivity index (χ1n) is 10.5. The number of carbonyl (C=O) groups is 2. The van der Waals surface area contributed by atoms with Gasteiger partial charge in [0.2, 0.25) is 11.8 Å². The maximum atomic E-state index is 12.7. The molecule has 142 valence electrons. The van der Waals surface area contributed by atoms with Crippen LogP contribution >= 0.6 is 0 Å². The maximum Gasteiger partial charge on any atom is 0.225 e. The van der Waals surface area contributed by atoms with Crippen molar-refractivity contribution in [3.63, 3.8) is 0 Å². The third kappa shape index (κ3) is 4.96. The van der Waals surface area contributed by atoms with E-state index in [1.54, 1.807) is 0 Å². The molecule has 25 heavy (non-hydrogen) atoms. The number of amides is 2. The van der Waals surface area contributed by atoms with Crippen molar-refractivity contribution in [1.29, 1.82) is 0 Å². The van der Waals surface area contributed by atoms with Crippen molar-refractivity contribution in [2.45, 2.75) is 89.1 Å². The van der Waals surface area contributed by atoms with Crippen molar-refractivity contribution in [2.75, 3.05) is 13.1 Å². The number of hydrogen-bond donors (Lipinski definition) is 2. The average Bonchev–Trinajstić information content (AvgIpc) is 3.11. The zero-order valence-corrected chi connectivity index (χ0v) is 15.5. The molecule has 0 aromatic carbocycles. The van der Waals surface area contributed by atoms with E-state index in [1.165, 1.54) is 32.1 Å². The molecule has 2 amide bonds. The second kappa shape index (κ2) is 9.02. The smallest absolute Gasteiger partial charge is 0.225 e. The summed E-state index contributed by atoms with van der Waals surface area (Å²) in [5.41, 5.74) is 5.80. The van der Waals surface area contributed by atoms with Crippen molar-refractivity contribution in [3.05, 3.63) is 0 Å². The predicted molar refractivity (Wildman–Crippen MR) is 98.9 cm³/mol. The largest absolute Gasteiger partial charge is 0.353 e. The van der Waals surface area contributed by atoms with Gasteiger partial charge in [-0.05, 0) is 57.3 Å². The fraction of sp³-hybridized carbons (Fsp3) is 0.900. The fourth-order valence-electron chi connectivity index (χ4n) is 5.03. The quantitative estimate of drug-likeness (QED) is 0.801. The van der Waals surface area contributed by atoms with Gasteiger partial charge in [-0.25, -0.2) is 0 Å². The monoisotopic (exact) mass is 349 g/mol. The van der Waals surface area contributed by atoms with E-state index in [-0.39, 0.29) is 23.9 Å². The Hall–Kier alpha value is -1.10. The molecule has 1 unspecified atom stereocenters. The molecule has 0 aromatic rings. The summed E-state index contributed by atoms with van der Waals surface area (Å²) < 4.78 is 0. The molecule has 1 aliphatic heterocycles. The molecule has 1 atom stereocenters. The van der Waals surface area contributed by atoms with Gasteiger partial charge in [0.25, 0.3) is 0 Å².